The first-order valence-electron chi connectivity index (χ1n) is 11.2. The van der Waals surface area contributed by atoms with Gasteiger partial charge in [0.25, 0.3) is 0 Å². The van der Waals surface area contributed by atoms with E-state index in [0.29, 0.717) is 19.4 Å². The van der Waals surface area contributed by atoms with E-state index >= 15 is 0 Å². The van der Waals surface area contributed by atoms with Gasteiger partial charge in [-0.3, -0.25) is 19.8 Å². The number of carbonyl (C=O) groups excluding carboxylic acids is 2. The zero-order valence-electron chi connectivity index (χ0n) is 18.3. The van der Waals surface area contributed by atoms with Crippen LogP contribution in [0.25, 0.3) is 10.8 Å². The summed E-state index contributed by atoms with van der Waals surface area (Å²) in [6.45, 7) is 4.57. The van der Waals surface area contributed by atoms with E-state index in [0.717, 1.165) is 65.5 Å². The molecule has 0 radical (unpaired) electrons. The zero-order valence-corrected chi connectivity index (χ0v) is 19.0. The maximum atomic E-state index is 12.3. The second-order valence-corrected chi connectivity index (χ2v) is 8.94. The molecular formula is C25H26ClN3O4. The number of rotatable bonds is 6. The summed E-state index contributed by atoms with van der Waals surface area (Å²) in [5.74, 6) is 0.263. The maximum absolute atomic E-state index is 12.3. The fraction of sp³-hybridized carbons (Fsp3) is 0.360. The van der Waals surface area contributed by atoms with E-state index < -0.39 is 0 Å². The number of imide groups is 1. The van der Waals surface area contributed by atoms with Crippen LogP contribution in [0.1, 0.15) is 30.0 Å². The number of aromatic nitrogens is 1. The lowest BCUT2D eigenvalue weighted by Gasteiger charge is -2.27. The van der Waals surface area contributed by atoms with Crippen LogP contribution in [0.3, 0.4) is 0 Å². The Bertz CT molecular complexity index is 1190. The molecule has 3 aromatic rings. The first kappa shape index (κ1) is 21.9. The van der Waals surface area contributed by atoms with Crippen molar-refractivity contribution in [3.8, 4) is 5.75 Å². The molecule has 2 amide bonds. The highest BCUT2D eigenvalue weighted by Crippen LogP contribution is 2.31. The van der Waals surface area contributed by atoms with Gasteiger partial charge in [-0.05, 0) is 29.7 Å². The molecule has 2 aromatic carbocycles. The van der Waals surface area contributed by atoms with Gasteiger partial charge in [0.05, 0.1) is 13.2 Å². The summed E-state index contributed by atoms with van der Waals surface area (Å²) in [4.78, 5) is 26.1. The third-order valence-corrected chi connectivity index (χ3v) is 6.60. The molecule has 2 fully saturated rings. The van der Waals surface area contributed by atoms with Crippen LogP contribution < -0.4 is 10.1 Å². The molecule has 0 spiro atoms. The molecule has 8 heteroatoms. The predicted octanol–water partition coefficient (Wildman–Crippen LogP) is 3.68. The molecular weight excluding hydrogens is 442 g/mol. The van der Waals surface area contributed by atoms with E-state index in [1.54, 1.807) is 0 Å². The smallest absolute Gasteiger partial charge is 0.249 e. The van der Waals surface area contributed by atoms with Crippen LogP contribution in [0.5, 0.6) is 5.75 Å². The number of morpholine rings is 1. The lowest BCUT2D eigenvalue weighted by atomic mass is 10.1. The van der Waals surface area contributed by atoms with Crippen LogP contribution >= 0.6 is 11.6 Å². The molecule has 1 unspecified atom stereocenters. The minimum Gasteiger partial charge on any atom is -0.488 e. The third-order valence-electron chi connectivity index (χ3n) is 6.25. The van der Waals surface area contributed by atoms with Crippen molar-refractivity contribution in [1.82, 2.24) is 14.8 Å². The van der Waals surface area contributed by atoms with Crippen molar-refractivity contribution >= 4 is 34.2 Å². The van der Waals surface area contributed by atoms with Crippen LogP contribution in [0.4, 0.5) is 0 Å². The highest BCUT2D eigenvalue weighted by Gasteiger charge is 2.28. The molecule has 0 bridgehead atoms. The van der Waals surface area contributed by atoms with Crippen molar-refractivity contribution in [2.75, 3.05) is 26.3 Å². The molecule has 3 heterocycles. The molecule has 2 saturated heterocycles. The van der Waals surface area contributed by atoms with Crippen molar-refractivity contribution < 1.29 is 19.1 Å². The molecule has 172 valence electrons. The second kappa shape index (κ2) is 9.55. The minimum absolute atomic E-state index is 0.216. The Morgan fingerprint density at radius 3 is 2.76 bits per heavy atom. The normalized spacial score (nSPS) is 19.6. The summed E-state index contributed by atoms with van der Waals surface area (Å²) in [6.07, 6.45) is 4.69. The minimum atomic E-state index is -0.388. The monoisotopic (exact) mass is 467 g/mol. The van der Waals surface area contributed by atoms with E-state index in [1.165, 1.54) is 0 Å². The number of hydrogen-bond donors (Lipinski definition) is 1. The molecule has 5 rings (SSSR count). The fourth-order valence-electron chi connectivity index (χ4n) is 4.40. The number of nitrogens with zero attached hydrogens (tertiary/aromatic N) is 2. The quantitative estimate of drug-likeness (QED) is 0.560. The average Bonchev–Trinajstić information content (AvgIpc) is 3.24. The number of nitrogens with one attached hydrogen (secondary N) is 1. The third kappa shape index (κ3) is 4.90. The Morgan fingerprint density at radius 2 is 1.97 bits per heavy atom. The van der Waals surface area contributed by atoms with Crippen molar-refractivity contribution in [2.45, 2.75) is 32.0 Å². The van der Waals surface area contributed by atoms with Crippen LogP contribution in [0.15, 0.2) is 48.8 Å². The Morgan fingerprint density at radius 1 is 1.12 bits per heavy atom. The molecule has 0 saturated carbocycles. The van der Waals surface area contributed by atoms with Crippen molar-refractivity contribution in [3.05, 3.63) is 64.9 Å². The Balaban J connectivity index is 1.28. The van der Waals surface area contributed by atoms with E-state index in [-0.39, 0.29) is 17.9 Å². The summed E-state index contributed by atoms with van der Waals surface area (Å²) < 4.78 is 13.4. The number of halogens is 1. The topological polar surface area (TPSA) is 72.8 Å². The van der Waals surface area contributed by atoms with E-state index in [2.05, 4.69) is 22.3 Å². The van der Waals surface area contributed by atoms with E-state index in [1.807, 2.05) is 41.2 Å². The van der Waals surface area contributed by atoms with Crippen molar-refractivity contribution in [1.29, 1.82) is 0 Å². The van der Waals surface area contributed by atoms with Crippen molar-refractivity contribution in [2.24, 2.45) is 0 Å². The molecule has 0 aliphatic carbocycles. The molecule has 2 aliphatic rings. The fourth-order valence-corrected chi connectivity index (χ4v) is 4.66. The first-order valence-corrected chi connectivity index (χ1v) is 11.6. The van der Waals surface area contributed by atoms with Gasteiger partial charge < -0.3 is 14.0 Å². The Kier molecular flexibility index (Phi) is 6.35. The highest BCUT2D eigenvalue weighted by molar-refractivity contribution is 6.31. The molecule has 2 aliphatic heterocycles. The number of piperidine rings is 1. The molecule has 1 N–H and O–H groups in total. The first-order chi connectivity index (χ1) is 16.1. The maximum Gasteiger partial charge on any atom is 0.249 e. The van der Waals surface area contributed by atoms with Gasteiger partial charge >= 0.3 is 0 Å². The average molecular weight is 468 g/mol. The Hall–Kier alpha value is -2.87. The number of fused-ring (bicyclic) bond motifs is 1. The van der Waals surface area contributed by atoms with Crippen LogP contribution in [0, 0.1) is 0 Å². The van der Waals surface area contributed by atoms with Crippen LogP contribution in [-0.4, -0.2) is 47.6 Å². The zero-order chi connectivity index (χ0) is 22.8. The van der Waals surface area contributed by atoms with Gasteiger partial charge in [-0.15, -0.1) is 0 Å². The Labute approximate surface area is 197 Å². The predicted molar refractivity (Wildman–Crippen MR) is 125 cm³/mol. The van der Waals surface area contributed by atoms with Crippen LogP contribution in [0.2, 0.25) is 5.02 Å². The number of amides is 2. The standard InChI is InChI=1S/C25H26ClN3O4/c26-21-12-17(4-5-19(21)13-28-8-10-32-11-9-28)16-33-23-3-1-2-18-14-29(15-20(18)23)22-6-7-24(30)27-25(22)31/h1-5,12,14-15,22H,6-11,13,16H2,(H,27,30,31). The van der Waals surface area contributed by atoms with Gasteiger partial charge in [-0.2, -0.15) is 0 Å². The van der Waals surface area contributed by atoms with Gasteiger partial charge in [0.15, 0.2) is 0 Å². The summed E-state index contributed by atoms with van der Waals surface area (Å²) in [7, 11) is 0. The lowest BCUT2D eigenvalue weighted by Crippen LogP contribution is -2.41. The number of benzene rings is 2. The lowest BCUT2D eigenvalue weighted by molar-refractivity contribution is -0.135. The van der Waals surface area contributed by atoms with Crippen LogP contribution in [-0.2, 0) is 27.5 Å². The molecule has 1 aromatic heterocycles. The highest BCUT2D eigenvalue weighted by atomic mass is 35.5. The van der Waals surface area contributed by atoms with E-state index in [9.17, 15) is 9.59 Å². The van der Waals surface area contributed by atoms with Gasteiger partial charge in [-0.1, -0.05) is 35.9 Å². The van der Waals surface area contributed by atoms with Crippen molar-refractivity contribution in [3.63, 3.8) is 0 Å². The van der Waals surface area contributed by atoms with Gasteiger partial charge in [0.1, 0.15) is 18.4 Å². The number of carbonyl (C=O) groups is 2. The SMILES string of the molecule is O=C1CCC(n2cc3cccc(OCc4ccc(CN5CCOCC5)c(Cl)c4)c3c2)C(=O)N1. The summed E-state index contributed by atoms with van der Waals surface area (Å²) in [5.41, 5.74) is 2.10. The van der Waals surface area contributed by atoms with Gasteiger partial charge in [0.2, 0.25) is 11.8 Å². The van der Waals surface area contributed by atoms with Gasteiger partial charge in [-0.25, -0.2) is 0 Å². The number of ether oxygens (including phenoxy) is 2. The molecule has 7 nitrogen and oxygen atoms in total. The molecule has 33 heavy (non-hydrogen) atoms. The largest absolute Gasteiger partial charge is 0.488 e. The summed E-state index contributed by atoms with van der Waals surface area (Å²) >= 11 is 6.56. The summed E-state index contributed by atoms with van der Waals surface area (Å²) in [6, 6.07) is 11.5. The summed E-state index contributed by atoms with van der Waals surface area (Å²) in [5, 5.41) is 5.07. The van der Waals surface area contributed by atoms with Gasteiger partial charge in [0, 0.05) is 54.2 Å². The van der Waals surface area contributed by atoms with E-state index in [4.69, 9.17) is 21.1 Å². The molecule has 1 atom stereocenters. The number of hydrogen-bond acceptors (Lipinski definition) is 5. The second-order valence-electron chi connectivity index (χ2n) is 8.53.